The van der Waals surface area contributed by atoms with Gasteiger partial charge in [-0.05, 0) is 30.7 Å². The van der Waals surface area contributed by atoms with Gasteiger partial charge in [0.25, 0.3) is 0 Å². The van der Waals surface area contributed by atoms with E-state index in [1.54, 1.807) is 13.3 Å². The molecule has 0 fully saturated rings. The first-order valence-corrected chi connectivity index (χ1v) is 9.59. The molecule has 2 aromatic rings. The van der Waals surface area contributed by atoms with Crippen LogP contribution in [0.3, 0.4) is 0 Å². The lowest BCUT2D eigenvalue weighted by molar-refractivity contribution is 0.105. The second-order valence-corrected chi connectivity index (χ2v) is 6.84. The van der Waals surface area contributed by atoms with Crippen LogP contribution in [0.15, 0.2) is 63.0 Å². The number of hydrogen-bond donors (Lipinski definition) is 2. The Kier molecular flexibility index (Phi) is 12.0. The van der Waals surface area contributed by atoms with E-state index in [2.05, 4.69) is 15.6 Å². The van der Waals surface area contributed by atoms with Crippen molar-refractivity contribution in [2.75, 3.05) is 32.5 Å². The summed E-state index contributed by atoms with van der Waals surface area (Å²) in [6.45, 7) is 2.48. The lowest BCUT2D eigenvalue weighted by Crippen LogP contribution is -2.39. The Morgan fingerprint density at radius 2 is 1.92 bits per heavy atom. The molecule has 1 atom stereocenters. The third-order valence-corrected chi connectivity index (χ3v) is 4.76. The molecule has 1 unspecified atom stereocenters. The molecule has 0 aliphatic rings. The lowest BCUT2D eigenvalue weighted by Gasteiger charge is -2.11. The molecular weight excluding hydrogens is 465 g/mol. The normalized spacial score (nSPS) is 12.3. The van der Waals surface area contributed by atoms with Gasteiger partial charge >= 0.3 is 0 Å². The standard InChI is InChI=1S/C18H25N3O3S.HI/c1-19-18(20-10-6-12-23-15-16-7-5-13-24-16)21-11-14-25(22)17-8-3-2-4-9-17;/h2-5,7-9,13H,6,10-12,14-15H2,1H3,(H2,19,20,21);1H. The first-order chi connectivity index (χ1) is 12.3. The fourth-order valence-corrected chi connectivity index (χ4v) is 3.11. The maximum absolute atomic E-state index is 12.1. The van der Waals surface area contributed by atoms with Crippen LogP contribution in [0.5, 0.6) is 0 Å². The minimum atomic E-state index is -1.00. The molecule has 0 aliphatic carbocycles. The van der Waals surface area contributed by atoms with Gasteiger partial charge in [0.15, 0.2) is 5.96 Å². The lowest BCUT2D eigenvalue weighted by atomic mass is 10.4. The number of guanidine groups is 1. The Morgan fingerprint density at radius 1 is 1.15 bits per heavy atom. The highest BCUT2D eigenvalue weighted by molar-refractivity contribution is 14.0. The summed E-state index contributed by atoms with van der Waals surface area (Å²) in [7, 11) is 0.718. The van der Waals surface area contributed by atoms with Gasteiger partial charge in [-0.1, -0.05) is 18.2 Å². The molecule has 144 valence electrons. The van der Waals surface area contributed by atoms with Crippen LogP contribution >= 0.6 is 24.0 Å². The van der Waals surface area contributed by atoms with Crippen molar-refractivity contribution in [2.24, 2.45) is 4.99 Å². The molecule has 0 saturated carbocycles. The van der Waals surface area contributed by atoms with Crippen molar-refractivity contribution in [3.8, 4) is 0 Å². The van der Waals surface area contributed by atoms with Crippen LogP contribution in [0.1, 0.15) is 12.2 Å². The Hall–Kier alpha value is -1.39. The Bertz CT molecular complexity index is 651. The van der Waals surface area contributed by atoms with E-state index in [9.17, 15) is 4.21 Å². The van der Waals surface area contributed by atoms with Crippen molar-refractivity contribution in [1.29, 1.82) is 0 Å². The molecule has 1 aromatic carbocycles. The summed E-state index contributed by atoms with van der Waals surface area (Å²) in [6, 6.07) is 13.2. The first-order valence-electron chi connectivity index (χ1n) is 8.27. The zero-order valence-electron chi connectivity index (χ0n) is 14.8. The highest BCUT2D eigenvalue weighted by atomic mass is 127. The number of benzene rings is 1. The minimum Gasteiger partial charge on any atom is -0.467 e. The van der Waals surface area contributed by atoms with E-state index in [-0.39, 0.29) is 24.0 Å². The summed E-state index contributed by atoms with van der Waals surface area (Å²) in [6.07, 6.45) is 2.50. The quantitative estimate of drug-likeness (QED) is 0.232. The maximum Gasteiger partial charge on any atom is 0.191 e. The van der Waals surface area contributed by atoms with Gasteiger partial charge in [0.1, 0.15) is 12.4 Å². The topological polar surface area (TPSA) is 75.9 Å². The summed E-state index contributed by atoms with van der Waals surface area (Å²) >= 11 is 0. The fraction of sp³-hybridized carbons (Fsp3) is 0.389. The predicted molar refractivity (Wildman–Crippen MR) is 115 cm³/mol. The maximum atomic E-state index is 12.1. The van der Waals surface area contributed by atoms with Gasteiger partial charge in [-0.15, -0.1) is 24.0 Å². The van der Waals surface area contributed by atoms with E-state index in [0.29, 0.717) is 31.5 Å². The molecule has 2 N–H and O–H groups in total. The van der Waals surface area contributed by atoms with Gasteiger partial charge < -0.3 is 19.8 Å². The Balaban J connectivity index is 0.00000338. The molecule has 8 heteroatoms. The summed E-state index contributed by atoms with van der Waals surface area (Å²) < 4.78 is 22.8. The van der Waals surface area contributed by atoms with Crippen molar-refractivity contribution in [1.82, 2.24) is 10.6 Å². The fourth-order valence-electron chi connectivity index (χ4n) is 2.12. The van der Waals surface area contributed by atoms with E-state index in [1.165, 1.54) is 0 Å². The first kappa shape index (κ1) is 22.7. The third kappa shape index (κ3) is 8.81. The van der Waals surface area contributed by atoms with Crippen LogP contribution < -0.4 is 10.6 Å². The van der Waals surface area contributed by atoms with Gasteiger partial charge in [-0.2, -0.15) is 0 Å². The predicted octanol–water partition coefficient (Wildman–Crippen LogP) is 2.78. The SMILES string of the molecule is CN=C(NCCCOCc1ccco1)NCCS(=O)c1ccccc1.I. The number of rotatable bonds is 10. The van der Waals surface area contributed by atoms with E-state index >= 15 is 0 Å². The molecule has 2 rings (SSSR count). The van der Waals surface area contributed by atoms with Gasteiger partial charge in [0.2, 0.25) is 0 Å². The van der Waals surface area contributed by atoms with Gasteiger partial charge in [0, 0.05) is 37.4 Å². The van der Waals surface area contributed by atoms with Crippen molar-refractivity contribution >= 4 is 40.7 Å². The number of aliphatic imine (C=N–C) groups is 1. The summed E-state index contributed by atoms with van der Waals surface area (Å²) in [4.78, 5) is 5.00. The van der Waals surface area contributed by atoms with Crippen LogP contribution in [-0.2, 0) is 22.1 Å². The average Bonchev–Trinajstić information content (AvgIpc) is 3.17. The second-order valence-electron chi connectivity index (χ2n) is 5.27. The van der Waals surface area contributed by atoms with Crippen LogP contribution in [0.4, 0.5) is 0 Å². The van der Waals surface area contributed by atoms with Crippen molar-refractivity contribution in [3.05, 3.63) is 54.5 Å². The van der Waals surface area contributed by atoms with E-state index < -0.39 is 10.8 Å². The zero-order chi connectivity index (χ0) is 17.7. The molecule has 26 heavy (non-hydrogen) atoms. The molecule has 0 amide bonds. The van der Waals surface area contributed by atoms with Crippen molar-refractivity contribution in [2.45, 2.75) is 17.9 Å². The number of nitrogens with one attached hydrogen (secondary N) is 2. The summed E-state index contributed by atoms with van der Waals surface area (Å²) in [5.74, 6) is 2.07. The minimum absolute atomic E-state index is 0. The van der Waals surface area contributed by atoms with Gasteiger partial charge in [0.05, 0.1) is 17.1 Å². The molecule has 0 spiro atoms. The van der Waals surface area contributed by atoms with E-state index in [4.69, 9.17) is 9.15 Å². The van der Waals surface area contributed by atoms with Crippen LogP contribution in [-0.4, -0.2) is 42.7 Å². The van der Waals surface area contributed by atoms with E-state index in [1.807, 2.05) is 42.5 Å². The van der Waals surface area contributed by atoms with Gasteiger partial charge in [-0.3, -0.25) is 9.20 Å². The zero-order valence-corrected chi connectivity index (χ0v) is 18.0. The molecule has 0 bridgehead atoms. The molecule has 6 nitrogen and oxygen atoms in total. The molecule has 0 saturated heterocycles. The van der Waals surface area contributed by atoms with Crippen LogP contribution in [0, 0.1) is 0 Å². The summed E-state index contributed by atoms with van der Waals surface area (Å²) in [5.41, 5.74) is 0. The molecule has 1 aromatic heterocycles. The number of ether oxygens (including phenoxy) is 1. The third-order valence-electron chi connectivity index (χ3n) is 3.39. The average molecular weight is 491 g/mol. The number of halogens is 1. The highest BCUT2D eigenvalue weighted by Gasteiger charge is 2.03. The molecule has 1 heterocycles. The van der Waals surface area contributed by atoms with Crippen LogP contribution in [0.2, 0.25) is 0 Å². The Morgan fingerprint density at radius 3 is 2.62 bits per heavy atom. The molecule has 0 aliphatic heterocycles. The smallest absolute Gasteiger partial charge is 0.191 e. The summed E-state index contributed by atoms with van der Waals surface area (Å²) in [5, 5.41) is 6.39. The highest BCUT2D eigenvalue weighted by Crippen LogP contribution is 2.04. The largest absolute Gasteiger partial charge is 0.467 e. The Labute approximate surface area is 174 Å². The molecule has 0 radical (unpaired) electrons. The monoisotopic (exact) mass is 491 g/mol. The number of nitrogens with zero attached hydrogens (tertiary/aromatic N) is 1. The molecular formula is C18H26IN3O3S. The van der Waals surface area contributed by atoms with Crippen molar-refractivity contribution < 1.29 is 13.4 Å². The van der Waals surface area contributed by atoms with Gasteiger partial charge in [-0.25, -0.2) is 0 Å². The number of furan rings is 1. The van der Waals surface area contributed by atoms with E-state index in [0.717, 1.165) is 23.6 Å². The second kappa shape index (κ2) is 13.8. The van der Waals surface area contributed by atoms with Crippen LogP contribution in [0.25, 0.3) is 0 Å². The van der Waals surface area contributed by atoms with Crippen molar-refractivity contribution in [3.63, 3.8) is 0 Å². The number of hydrogen-bond acceptors (Lipinski definition) is 4.